The number of benzene rings is 4. The van der Waals surface area contributed by atoms with Crippen molar-refractivity contribution < 1.29 is 42.5 Å². The van der Waals surface area contributed by atoms with Crippen LogP contribution in [-0.4, -0.2) is 82.2 Å². The minimum Gasteiger partial charge on any atom is -0.497 e. The molecule has 3 N–H and O–H groups in total. The number of nitrogens with one attached hydrogen (secondary N) is 1. The molecule has 14 nitrogen and oxygen atoms in total. The SMILES string of the molecule is COc1ccc(C(OC[C@H]2O[C@@H](n3cnc4c(NC(=O)c5ccccc5)ncnc43)[C@@H](O[Si](C)(C)C(C)(C)C)[C@@H]2P(=O)(O)O)(c2ccccc2)c2ccc(OC)cc2)cc1. The predicted octanol–water partition coefficient (Wildman–Crippen LogP) is 7.94. The van der Waals surface area contributed by atoms with Gasteiger partial charge in [-0.1, -0.05) is 93.6 Å². The number of hydrogen-bond donors (Lipinski definition) is 3. The Kier molecular flexibility index (Phi) is 12.2. The largest absolute Gasteiger partial charge is 0.497 e. The number of anilines is 1. The summed E-state index contributed by atoms with van der Waals surface area (Å²) in [5.74, 6) is 1.05. The second-order valence-electron chi connectivity index (χ2n) is 16.2. The Bertz CT molecular complexity index is 2410. The molecule has 60 heavy (non-hydrogen) atoms. The Hall–Kier alpha value is -5.25. The van der Waals surface area contributed by atoms with Gasteiger partial charge in [0.15, 0.2) is 31.5 Å². The summed E-state index contributed by atoms with van der Waals surface area (Å²) in [4.78, 5) is 49.2. The molecule has 4 atom stereocenters. The molecule has 0 saturated carbocycles. The van der Waals surface area contributed by atoms with Crippen molar-refractivity contribution in [2.75, 3.05) is 26.1 Å². The molecule has 1 fully saturated rings. The zero-order valence-electron chi connectivity index (χ0n) is 34.6. The monoisotopic (exact) mass is 851 g/mol. The quantitative estimate of drug-likeness (QED) is 0.0549. The molecular formula is C44H50N5O9PSi. The average molecular weight is 852 g/mol. The second-order valence-corrected chi connectivity index (χ2v) is 22.7. The van der Waals surface area contributed by atoms with Crippen LogP contribution in [0.15, 0.2) is 122 Å². The van der Waals surface area contributed by atoms with Crippen LogP contribution in [0.3, 0.4) is 0 Å². The topological polar surface area (TPSA) is 176 Å². The molecule has 0 bridgehead atoms. The fourth-order valence-electron chi connectivity index (χ4n) is 7.31. The molecular weight excluding hydrogens is 802 g/mol. The van der Waals surface area contributed by atoms with E-state index in [0.717, 1.165) is 16.7 Å². The van der Waals surface area contributed by atoms with Crippen molar-refractivity contribution in [2.24, 2.45) is 0 Å². The molecule has 0 spiro atoms. The molecule has 1 aliphatic rings. The second kappa shape index (κ2) is 17.0. The first-order chi connectivity index (χ1) is 28.6. The van der Waals surface area contributed by atoms with Gasteiger partial charge in [0.2, 0.25) is 0 Å². The van der Waals surface area contributed by atoms with Crippen molar-refractivity contribution in [3.8, 4) is 11.5 Å². The Morgan fingerprint density at radius 2 is 1.37 bits per heavy atom. The van der Waals surface area contributed by atoms with Crippen LogP contribution in [0.5, 0.6) is 11.5 Å². The molecule has 0 unspecified atom stereocenters. The van der Waals surface area contributed by atoms with Crippen LogP contribution < -0.4 is 14.8 Å². The van der Waals surface area contributed by atoms with Crippen LogP contribution in [0.25, 0.3) is 11.2 Å². The fraction of sp³-hybridized carbons (Fsp3) is 0.318. The number of amides is 1. The average Bonchev–Trinajstić information content (AvgIpc) is 3.83. The van der Waals surface area contributed by atoms with Gasteiger partial charge in [-0.25, -0.2) is 15.0 Å². The number of fused-ring (bicyclic) bond motifs is 1. The molecule has 4 aromatic carbocycles. The summed E-state index contributed by atoms with van der Waals surface area (Å²) in [5, 5.41) is 2.48. The summed E-state index contributed by atoms with van der Waals surface area (Å²) in [6.07, 6.45) is -0.757. The smallest absolute Gasteiger partial charge is 0.334 e. The van der Waals surface area contributed by atoms with Gasteiger partial charge in [0.05, 0.1) is 27.2 Å². The normalized spacial score (nSPS) is 18.7. The van der Waals surface area contributed by atoms with Gasteiger partial charge in [-0.05, 0) is 71.2 Å². The van der Waals surface area contributed by atoms with E-state index >= 15 is 0 Å². The number of ether oxygens (including phenoxy) is 4. The number of carbonyl (C=O) groups excluding carboxylic acids is 1. The maximum Gasteiger partial charge on any atom is 0.334 e. The number of carbonyl (C=O) groups is 1. The van der Waals surface area contributed by atoms with Crippen LogP contribution in [0.4, 0.5) is 5.82 Å². The first-order valence-electron chi connectivity index (χ1n) is 19.5. The number of nitrogens with zero attached hydrogens (tertiary/aromatic N) is 4. The number of methoxy groups -OCH3 is 2. The zero-order valence-corrected chi connectivity index (χ0v) is 36.4. The van der Waals surface area contributed by atoms with Crippen LogP contribution in [0, 0.1) is 0 Å². The molecule has 1 saturated heterocycles. The van der Waals surface area contributed by atoms with Gasteiger partial charge in [-0.15, -0.1) is 0 Å². The summed E-state index contributed by atoms with van der Waals surface area (Å²) in [5.41, 5.74) is 0.393. The van der Waals surface area contributed by atoms with E-state index in [0.29, 0.717) is 17.1 Å². The van der Waals surface area contributed by atoms with Crippen LogP contribution in [-0.2, 0) is 24.1 Å². The Morgan fingerprint density at radius 1 is 0.817 bits per heavy atom. The van der Waals surface area contributed by atoms with E-state index in [1.807, 2.05) is 98.0 Å². The standard InChI is InChI=1S/C44H50N5O9PSi/c1-43(2,3)60(6,7)58-37-38(59(51,52)53)35(57-42(37)49-28-47-36-39(45-27-46-40(36)49)48-41(50)29-14-10-8-11-15-29)26-56-44(30-16-12-9-13-17-30,31-18-22-33(54-4)23-19-31)32-20-24-34(55-5)25-21-32/h8-25,27-28,35,37-38,42H,26H2,1-7H3,(H2,51,52,53)(H,45,46,48,50)/t35-,37+,38-,42-/m1/s1. The lowest BCUT2D eigenvalue weighted by molar-refractivity contribution is -0.0841. The van der Waals surface area contributed by atoms with E-state index in [1.165, 1.54) is 12.7 Å². The molecule has 0 aliphatic carbocycles. The third-order valence-electron chi connectivity index (χ3n) is 11.5. The van der Waals surface area contributed by atoms with Gasteiger partial charge in [0.25, 0.3) is 5.91 Å². The van der Waals surface area contributed by atoms with E-state index in [1.54, 1.807) is 43.1 Å². The molecule has 314 valence electrons. The molecule has 0 radical (unpaired) electrons. The maximum absolute atomic E-state index is 13.9. The summed E-state index contributed by atoms with van der Waals surface area (Å²) < 4.78 is 47.5. The van der Waals surface area contributed by atoms with Crippen molar-refractivity contribution in [1.82, 2.24) is 19.5 Å². The lowest BCUT2D eigenvalue weighted by Crippen LogP contribution is -2.49. The first-order valence-corrected chi connectivity index (χ1v) is 24.1. The Morgan fingerprint density at radius 3 is 1.90 bits per heavy atom. The molecule has 1 amide bonds. The molecule has 1 aliphatic heterocycles. The van der Waals surface area contributed by atoms with E-state index in [2.05, 4.69) is 41.0 Å². The summed E-state index contributed by atoms with van der Waals surface area (Å²) in [6.45, 7) is 9.91. The fourth-order valence-corrected chi connectivity index (χ4v) is 9.90. The van der Waals surface area contributed by atoms with Crippen LogP contribution in [0.2, 0.25) is 18.1 Å². The van der Waals surface area contributed by atoms with Gasteiger partial charge in [-0.2, -0.15) is 0 Å². The minimum absolute atomic E-state index is 0.158. The van der Waals surface area contributed by atoms with Gasteiger partial charge < -0.3 is 38.5 Å². The summed E-state index contributed by atoms with van der Waals surface area (Å²) in [6, 6.07) is 33.3. The maximum atomic E-state index is 13.9. The number of imidazole rings is 1. The molecule has 7 rings (SSSR count). The highest BCUT2D eigenvalue weighted by molar-refractivity contribution is 7.52. The van der Waals surface area contributed by atoms with Gasteiger partial charge in [0.1, 0.15) is 41.3 Å². The number of rotatable bonds is 14. The van der Waals surface area contributed by atoms with Gasteiger partial charge in [-0.3, -0.25) is 13.9 Å². The highest BCUT2D eigenvalue weighted by Gasteiger charge is 2.58. The van der Waals surface area contributed by atoms with Crippen LogP contribution >= 0.6 is 7.60 Å². The van der Waals surface area contributed by atoms with Crippen molar-refractivity contribution in [1.29, 1.82) is 0 Å². The highest BCUT2D eigenvalue weighted by Crippen LogP contribution is 2.55. The zero-order chi connectivity index (χ0) is 42.9. The van der Waals surface area contributed by atoms with Crippen molar-refractivity contribution in [3.63, 3.8) is 0 Å². The van der Waals surface area contributed by atoms with Gasteiger partial charge in [0, 0.05) is 5.56 Å². The summed E-state index contributed by atoms with van der Waals surface area (Å²) in [7, 11) is -4.58. The third kappa shape index (κ3) is 8.39. The minimum atomic E-state index is -5.01. The molecule has 2 aromatic heterocycles. The third-order valence-corrected chi connectivity index (χ3v) is 17.4. The van der Waals surface area contributed by atoms with Crippen molar-refractivity contribution >= 4 is 38.8 Å². The van der Waals surface area contributed by atoms with E-state index in [-0.39, 0.29) is 28.6 Å². The van der Waals surface area contributed by atoms with Crippen molar-refractivity contribution in [2.45, 2.75) is 68.6 Å². The van der Waals surface area contributed by atoms with Gasteiger partial charge >= 0.3 is 7.60 Å². The number of aromatic nitrogens is 4. The molecule has 6 aromatic rings. The van der Waals surface area contributed by atoms with E-state index < -0.39 is 51.5 Å². The van der Waals surface area contributed by atoms with Crippen molar-refractivity contribution in [3.05, 3.63) is 144 Å². The molecule has 3 heterocycles. The Labute approximate surface area is 350 Å². The summed E-state index contributed by atoms with van der Waals surface area (Å²) >= 11 is 0. The van der Waals surface area contributed by atoms with E-state index in [4.69, 9.17) is 23.4 Å². The van der Waals surface area contributed by atoms with E-state index in [9.17, 15) is 19.1 Å². The Balaban J connectivity index is 1.34. The first kappa shape index (κ1) is 42.9. The lowest BCUT2D eigenvalue weighted by atomic mass is 9.80. The highest BCUT2D eigenvalue weighted by atomic mass is 31.2. The number of hydrogen-bond acceptors (Lipinski definition) is 10. The predicted molar refractivity (Wildman–Crippen MR) is 230 cm³/mol. The molecule has 16 heteroatoms. The van der Waals surface area contributed by atoms with Crippen LogP contribution in [0.1, 0.15) is 54.0 Å². The lowest BCUT2D eigenvalue weighted by Gasteiger charge is -2.41.